The summed E-state index contributed by atoms with van der Waals surface area (Å²) in [5.41, 5.74) is 1.26. The van der Waals surface area contributed by atoms with Crippen molar-refractivity contribution in [2.24, 2.45) is 0 Å². The first-order valence-corrected chi connectivity index (χ1v) is 12.1. The number of hydrogen-bond acceptors (Lipinski definition) is 5. The molecule has 5 nitrogen and oxygen atoms in total. The zero-order chi connectivity index (χ0) is 19.9. The second-order valence-electron chi connectivity index (χ2n) is 7.00. The van der Waals surface area contributed by atoms with Crippen LogP contribution in [-0.4, -0.2) is 43.6 Å². The van der Waals surface area contributed by atoms with Crippen LogP contribution in [-0.2, 0) is 9.84 Å². The fraction of sp³-hybridized carbons (Fsp3) is 0.300. The molecule has 2 aromatic carbocycles. The maximum atomic E-state index is 12.9. The second-order valence-corrected chi connectivity index (χ2v) is 10.5. The van der Waals surface area contributed by atoms with E-state index in [4.69, 9.17) is 16.6 Å². The molecule has 0 unspecified atom stereocenters. The van der Waals surface area contributed by atoms with Crippen molar-refractivity contribution in [1.82, 2.24) is 9.88 Å². The number of halogens is 1. The lowest BCUT2D eigenvalue weighted by Gasteiger charge is -2.31. The van der Waals surface area contributed by atoms with Crippen LogP contribution in [0.2, 0.25) is 5.02 Å². The van der Waals surface area contributed by atoms with E-state index in [0.717, 1.165) is 29.6 Å². The number of amides is 1. The van der Waals surface area contributed by atoms with E-state index in [2.05, 4.69) is 6.07 Å². The van der Waals surface area contributed by atoms with E-state index in [0.29, 0.717) is 19.0 Å². The van der Waals surface area contributed by atoms with Crippen molar-refractivity contribution in [2.45, 2.75) is 23.7 Å². The first-order chi connectivity index (χ1) is 13.3. The molecule has 4 rings (SSSR count). The molecule has 0 aliphatic carbocycles. The Hall–Kier alpha value is -1.96. The molecule has 0 radical (unpaired) electrons. The fourth-order valence-electron chi connectivity index (χ4n) is 3.46. The number of sulfone groups is 1. The SMILES string of the molecule is CS(=O)(=O)c1ccc(Cl)c(C(=O)N2CCC(c3nc4ccccc4s3)CC2)c1. The molecule has 2 heterocycles. The number of thiazole rings is 1. The molecule has 3 aromatic rings. The van der Waals surface area contributed by atoms with Crippen LogP contribution < -0.4 is 0 Å². The monoisotopic (exact) mass is 434 g/mol. The summed E-state index contributed by atoms with van der Waals surface area (Å²) in [5.74, 6) is 0.109. The van der Waals surface area contributed by atoms with Gasteiger partial charge in [-0.1, -0.05) is 23.7 Å². The predicted molar refractivity (Wildman–Crippen MR) is 112 cm³/mol. The Morgan fingerprint density at radius 1 is 1.18 bits per heavy atom. The van der Waals surface area contributed by atoms with Gasteiger partial charge in [-0.2, -0.15) is 0 Å². The number of rotatable bonds is 3. The average Bonchev–Trinajstić information content (AvgIpc) is 3.11. The zero-order valence-electron chi connectivity index (χ0n) is 15.3. The van der Waals surface area contributed by atoms with Gasteiger partial charge in [0.15, 0.2) is 9.84 Å². The van der Waals surface area contributed by atoms with Gasteiger partial charge in [0.25, 0.3) is 5.91 Å². The molecule has 1 aliphatic rings. The van der Waals surface area contributed by atoms with Crippen LogP contribution in [0, 0.1) is 0 Å². The highest BCUT2D eigenvalue weighted by Gasteiger charge is 2.28. The second kappa shape index (κ2) is 7.46. The van der Waals surface area contributed by atoms with E-state index in [9.17, 15) is 13.2 Å². The van der Waals surface area contributed by atoms with Gasteiger partial charge in [0.1, 0.15) is 0 Å². The number of para-hydroxylation sites is 1. The Kier molecular flexibility index (Phi) is 5.16. The van der Waals surface area contributed by atoms with Crippen LogP contribution in [0.4, 0.5) is 0 Å². The minimum atomic E-state index is -3.40. The molecular weight excluding hydrogens is 416 g/mol. The number of piperidine rings is 1. The average molecular weight is 435 g/mol. The number of carbonyl (C=O) groups excluding carboxylic acids is 1. The summed E-state index contributed by atoms with van der Waals surface area (Å²) in [4.78, 5) is 19.5. The van der Waals surface area contributed by atoms with Gasteiger partial charge in [-0.3, -0.25) is 4.79 Å². The summed E-state index contributed by atoms with van der Waals surface area (Å²) >= 11 is 7.89. The van der Waals surface area contributed by atoms with Crippen LogP contribution >= 0.6 is 22.9 Å². The highest BCUT2D eigenvalue weighted by molar-refractivity contribution is 7.90. The molecule has 8 heteroatoms. The van der Waals surface area contributed by atoms with Crippen molar-refractivity contribution in [3.8, 4) is 0 Å². The fourth-order valence-corrected chi connectivity index (χ4v) is 5.45. The molecule has 28 heavy (non-hydrogen) atoms. The summed E-state index contributed by atoms with van der Waals surface area (Å²) < 4.78 is 24.8. The molecule has 1 amide bonds. The number of nitrogens with zero attached hydrogens (tertiary/aromatic N) is 2. The first kappa shape index (κ1) is 19.4. The van der Waals surface area contributed by atoms with Crippen LogP contribution in [0.5, 0.6) is 0 Å². The molecule has 1 saturated heterocycles. The van der Waals surface area contributed by atoms with E-state index >= 15 is 0 Å². The van der Waals surface area contributed by atoms with Crippen LogP contribution in [0.1, 0.15) is 34.1 Å². The van der Waals surface area contributed by atoms with Gasteiger partial charge in [0.05, 0.1) is 30.7 Å². The molecule has 1 aromatic heterocycles. The molecule has 146 valence electrons. The van der Waals surface area contributed by atoms with Gasteiger partial charge in [-0.25, -0.2) is 13.4 Å². The summed E-state index contributed by atoms with van der Waals surface area (Å²) in [6.07, 6.45) is 2.78. The third-order valence-electron chi connectivity index (χ3n) is 5.04. The van der Waals surface area contributed by atoms with E-state index in [-0.39, 0.29) is 21.4 Å². The topological polar surface area (TPSA) is 67.3 Å². The minimum Gasteiger partial charge on any atom is -0.339 e. The Balaban J connectivity index is 1.50. The lowest BCUT2D eigenvalue weighted by atomic mass is 9.97. The smallest absolute Gasteiger partial charge is 0.255 e. The Bertz CT molecular complexity index is 1120. The number of carbonyl (C=O) groups is 1. The van der Waals surface area contributed by atoms with Gasteiger partial charge in [0, 0.05) is 25.3 Å². The standard InChI is InChI=1S/C20H19ClN2O3S2/c1-28(25,26)14-6-7-16(21)15(12-14)20(24)23-10-8-13(9-11-23)19-22-17-4-2-3-5-18(17)27-19/h2-7,12-13H,8-11H2,1H3. The molecule has 0 bridgehead atoms. The maximum absolute atomic E-state index is 12.9. The Morgan fingerprint density at radius 3 is 2.57 bits per heavy atom. The highest BCUT2D eigenvalue weighted by Crippen LogP contribution is 2.34. The van der Waals surface area contributed by atoms with E-state index < -0.39 is 9.84 Å². The third kappa shape index (κ3) is 3.79. The Morgan fingerprint density at radius 2 is 1.89 bits per heavy atom. The van der Waals surface area contributed by atoms with Crippen molar-refractivity contribution in [1.29, 1.82) is 0 Å². The molecule has 0 saturated carbocycles. The van der Waals surface area contributed by atoms with E-state index in [1.54, 1.807) is 16.2 Å². The van der Waals surface area contributed by atoms with Crippen LogP contribution in [0.25, 0.3) is 10.2 Å². The van der Waals surface area contributed by atoms with E-state index in [1.807, 2.05) is 18.2 Å². The van der Waals surface area contributed by atoms with Crippen molar-refractivity contribution in [3.63, 3.8) is 0 Å². The molecular formula is C20H19ClN2O3S2. The normalized spacial score (nSPS) is 15.9. The van der Waals surface area contributed by atoms with Gasteiger partial charge in [-0.05, 0) is 43.2 Å². The van der Waals surface area contributed by atoms with Crippen molar-refractivity contribution in [3.05, 3.63) is 58.1 Å². The molecule has 1 aliphatic heterocycles. The molecule has 1 fully saturated rings. The molecule has 0 atom stereocenters. The van der Waals surface area contributed by atoms with Gasteiger partial charge < -0.3 is 4.90 Å². The predicted octanol–water partition coefficient (Wildman–Crippen LogP) is 4.37. The molecule has 0 spiro atoms. The highest BCUT2D eigenvalue weighted by atomic mass is 35.5. The number of aromatic nitrogens is 1. The number of fused-ring (bicyclic) bond motifs is 1. The third-order valence-corrected chi connectivity index (χ3v) is 7.68. The number of hydrogen-bond donors (Lipinski definition) is 0. The van der Waals surface area contributed by atoms with E-state index in [1.165, 1.54) is 22.9 Å². The first-order valence-electron chi connectivity index (χ1n) is 8.97. The summed E-state index contributed by atoms with van der Waals surface area (Å²) in [6, 6.07) is 12.4. The van der Waals surface area contributed by atoms with Crippen molar-refractivity contribution in [2.75, 3.05) is 19.3 Å². The lowest BCUT2D eigenvalue weighted by Crippen LogP contribution is -2.38. The lowest BCUT2D eigenvalue weighted by molar-refractivity contribution is 0.0713. The van der Waals surface area contributed by atoms with Crippen LogP contribution in [0.3, 0.4) is 0 Å². The van der Waals surface area contributed by atoms with Crippen molar-refractivity contribution >= 4 is 48.9 Å². The van der Waals surface area contributed by atoms with Gasteiger partial charge in [-0.15, -0.1) is 11.3 Å². The largest absolute Gasteiger partial charge is 0.339 e. The molecule has 0 N–H and O–H groups in total. The van der Waals surface area contributed by atoms with Crippen LogP contribution in [0.15, 0.2) is 47.4 Å². The maximum Gasteiger partial charge on any atom is 0.255 e. The minimum absolute atomic E-state index is 0.101. The zero-order valence-corrected chi connectivity index (χ0v) is 17.6. The number of likely N-dealkylation sites (tertiary alicyclic amines) is 1. The summed E-state index contributed by atoms with van der Waals surface area (Å²) in [7, 11) is -3.40. The van der Waals surface area contributed by atoms with Crippen molar-refractivity contribution < 1.29 is 13.2 Å². The summed E-state index contributed by atoms with van der Waals surface area (Å²) in [6.45, 7) is 1.19. The Labute approximate surface area is 172 Å². The van der Waals surface area contributed by atoms with Gasteiger partial charge in [0.2, 0.25) is 0 Å². The quantitative estimate of drug-likeness (QED) is 0.613. The number of benzene rings is 2. The van der Waals surface area contributed by atoms with Gasteiger partial charge >= 0.3 is 0 Å². The summed E-state index contributed by atoms with van der Waals surface area (Å²) in [5, 5.41) is 1.39.